The molecule has 0 aliphatic carbocycles. The van der Waals surface area contributed by atoms with Gasteiger partial charge in [-0.05, 0) is 26.0 Å². The Morgan fingerprint density at radius 1 is 1.52 bits per heavy atom. The number of aromatic nitrogens is 2. The summed E-state index contributed by atoms with van der Waals surface area (Å²) in [5.41, 5.74) is 4.12. The highest BCUT2D eigenvalue weighted by molar-refractivity contribution is 5.96. The van der Waals surface area contributed by atoms with E-state index in [-0.39, 0.29) is 18.2 Å². The number of phenols is 1. The minimum absolute atomic E-state index is 0.117. The van der Waals surface area contributed by atoms with Crippen molar-refractivity contribution in [2.75, 3.05) is 12.0 Å². The third kappa shape index (κ3) is 3.38. The van der Waals surface area contributed by atoms with Gasteiger partial charge in [0, 0.05) is 11.3 Å². The fraction of sp³-hybridized carbons (Fsp3) is 0.214. The van der Waals surface area contributed by atoms with E-state index >= 15 is 0 Å². The molecule has 0 fully saturated rings. The summed E-state index contributed by atoms with van der Waals surface area (Å²) in [5.74, 6) is -0.0755. The van der Waals surface area contributed by atoms with Gasteiger partial charge in [0.15, 0.2) is 5.82 Å². The number of hydrogen-bond donors (Lipinski definition) is 3. The van der Waals surface area contributed by atoms with E-state index in [0.29, 0.717) is 16.8 Å². The van der Waals surface area contributed by atoms with Crippen molar-refractivity contribution in [1.82, 2.24) is 10.2 Å². The van der Waals surface area contributed by atoms with Crippen LogP contribution in [0.5, 0.6) is 5.75 Å². The molecule has 7 nitrogen and oxygen atoms in total. The molecule has 0 bridgehead atoms. The second-order valence-corrected chi connectivity index (χ2v) is 4.22. The molecule has 0 spiro atoms. The van der Waals surface area contributed by atoms with E-state index < -0.39 is 5.97 Å². The minimum Gasteiger partial charge on any atom is -0.507 e. The van der Waals surface area contributed by atoms with Crippen LogP contribution in [0.4, 0.5) is 5.82 Å². The second-order valence-electron chi connectivity index (χ2n) is 4.22. The summed E-state index contributed by atoms with van der Waals surface area (Å²) < 4.78 is 4.96. The number of ether oxygens (including phenoxy) is 1. The molecule has 7 heteroatoms. The van der Waals surface area contributed by atoms with Crippen LogP contribution in [-0.2, 0) is 4.74 Å². The predicted molar refractivity (Wildman–Crippen MR) is 78.6 cm³/mol. The van der Waals surface area contributed by atoms with E-state index in [0.717, 1.165) is 0 Å². The SMILES string of the molecule is CCOC(=O)c1c(N/N=C\c2ccccc2O)n[nH]c1C. The van der Waals surface area contributed by atoms with Crippen LogP contribution in [-0.4, -0.2) is 34.1 Å². The van der Waals surface area contributed by atoms with Crippen molar-refractivity contribution in [3.8, 4) is 5.75 Å². The quantitative estimate of drug-likeness (QED) is 0.444. The Balaban J connectivity index is 2.14. The molecule has 0 amide bonds. The molecule has 0 aliphatic rings. The van der Waals surface area contributed by atoms with Gasteiger partial charge in [0.1, 0.15) is 11.3 Å². The highest BCUT2D eigenvalue weighted by Gasteiger charge is 2.18. The Morgan fingerprint density at radius 3 is 3.00 bits per heavy atom. The van der Waals surface area contributed by atoms with E-state index in [1.165, 1.54) is 6.21 Å². The normalized spacial score (nSPS) is 10.8. The summed E-state index contributed by atoms with van der Waals surface area (Å²) in [6, 6.07) is 6.77. The number of esters is 1. The largest absolute Gasteiger partial charge is 0.507 e. The van der Waals surface area contributed by atoms with Crippen LogP contribution >= 0.6 is 0 Å². The Kier molecular flexibility index (Phi) is 4.55. The van der Waals surface area contributed by atoms with Crippen molar-refractivity contribution >= 4 is 18.0 Å². The van der Waals surface area contributed by atoms with E-state index in [1.54, 1.807) is 38.1 Å². The number of hydrazone groups is 1. The summed E-state index contributed by atoms with van der Waals surface area (Å²) in [6.45, 7) is 3.73. The monoisotopic (exact) mass is 288 g/mol. The number of aromatic hydroxyl groups is 1. The van der Waals surface area contributed by atoms with Gasteiger partial charge in [0.2, 0.25) is 0 Å². The molecule has 0 aliphatic heterocycles. The average molecular weight is 288 g/mol. The molecule has 1 heterocycles. The number of para-hydroxylation sites is 1. The van der Waals surface area contributed by atoms with Crippen LogP contribution < -0.4 is 5.43 Å². The first-order valence-electron chi connectivity index (χ1n) is 6.42. The van der Waals surface area contributed by atoms with Crippen LogP contribution in [0.25, 0.3) is 0 Å². The molecule has 21 heavy (non-hydrogen) atoms. The lowest BCUT2D eigenvalue weighted by Gasteiger charge is -2.03. The molecule has 1 aromatic heterocycles. The summed E-state index contributed by atoms with van der Waals surface area (Å²) >= 11 is 0. The van der Waals surface area contributed by atoms with Crippen molar-refractivity contribution in [2.45, 2.75) is 13.8 Å². The van der Waals surface area contributed by atoms with Gasteiger partial charge in [-0.3, -0.25) is 10.5 Å². The lowest BCUT2D eigenvalue weighted by Crippen LogP contribution is -2.08. The van der Waals surface area contributed by atoms with Crippen LogP contribution in [0, 0.1) is 6.92 Å². The lowest BCUT2D eigenvalue weighted by molar-refractivity contribution is 0.0526. The van der Waals surface area contributed by atoms with Crippen LogP contribution in [0.15, 0.2) is 29.4 Å². The molecule has 0 saturated heterocycles. The number of carbonyl (C=O) groups is 1. The van der Waals surface area contributed by atoms with Crippen LogP contribution in [0.3, 0.4) is 0 Å². The maximum absolute atomic E-state index is 11.8. The topological polar surface area (TPSA) is 99.6 Å². The summed E-state index contributed by atoms with van der Waals surface area (Å²) in [4.78, 5) is 11.8. The molecule has 1 aromatic carbocycles. The van der Waals surface area contributed by atoms with Gasteiger partial charge in [-0.15, -0.1) is 0 Å². The molecule has 3 N–H and O–H groups in total. The van der Waals surface area contributed by atoms with Crippen molar-refractivity contribution in [1.29, 1.82) is 0 Å². The Hall–Kier alpha value is -2.83. The molecule has 2 rings (SSSR count). The molecule has 110 valence electrons. The van der Waals surface area contributed by atoms with Crippen LogP contribution in [0.2, 0.25) is 0 Å². The fourth-order valence-corrected chi connectivity index (χ4v) is 1.72. The maximum atomic E-state index is 11.8. The van der Waals surface area contributed by atoms with Crippen molar-refractivity contribution < 1.29 is 14.6 Å². The number of nitrogens with one attached hydrogen (secondary N) is 2. The minimum atomic E-state index is -0.469. The molecule has 0 atom stereocenters. The molecule has 0 unspecified atom stereocenters. The Bertz CT molecular complexity index is 664. The number of benzene rings is 1. The molecule has 2 aromatic rings. The summed E-state index contributed by atoms with van der Waals surface area (Å²) in [5, 5.41) is 20.2. The molecular weight excluding hydrogens is 272 g/mol. The van der Waals surface area contributed by atoms with E-state index in [2.05, 4.69) is 20.7 Å². The Morgan fingerprint density at radius 2 is 2.29 bits per heavy atom. The molecule has 0 saturated carbocycles. The zero-order valence-corrected chi connectivity index (χ0v) is 11.8. The van der Waals surface area contributed by atoms with Crippen molar-refractivity contribution in [2.24, 2.45) is 5.10 Å². The number of hydrogen-bond acceptors (Lipinski definition) is 6. The Labute approximate surface area is 121 Å². The van der Waals surface area contributed by atoms with E-state index in [9.17, 15) is 9.90 Å². The third-order valence-corrected chi connectivity index (χ3v) is 2.74. The van der Waals surface area contributed by atoms with Gasteiger partial charge in [0.05, 0.1) is 12.8 Å². The second kappa shape index (κ2) is 6.56. The fourth-order valence-electron chi connectivity index (χ4n) is 1.72. The first-order chi connectivity index (χ1) is 10.1. The van der Waals surface area contributed by atoms with Gasteiger partial charge in [0.25, 0.3) is 0 Å². The average Bonchev–Trinajstić information content (AvgIpc) is 2.82. The highest BCUT2D eigenvalue weighted by atomic mass is 16.5. The van der Waals surface area contributed by atoms with Crippen molar-refractivity contribution in [3.63, 3.8) is 0 Å². The number of anilines is 1. The highest BCUT2D eigenvalue weighted by Crippen LogP contribution is 2.18. The van der Waals surface area contributed by atoms with Crippen molar-refractivity contribution in [3.05, 3.63) is 41.1 Å². The smallest absolute Gasteiger partial charge is 0.343 e. The molecule has 0 radical (unpaired) electrons. The number of H-pyrrole nitrogens is 1. The first-order valence-corrected chi connectivity index (χ1v) is 6.42. The van der Waals surface area contributed by atoms with Gasteiger partial charge < -0.3 is 9.84 Å². The number of phenolic OH excluding ortho intramolecular Hbond substituents is 1. The van der Waals surface area contributed by atoms with E-state index in [1.807, 2.05) is 0 Å². The number of carbonyl (C=O) groups excluding carboxylic acids is 1. The maximum Gasteiger partial charge on any atom is 0.343 e. The van der Waals surface area contributed by atoms with Gasteiger partial charge in [-0.25, -0.2) is 4.79 Å². The molecular formula is C14H16N4O3. The predicted octanol–water partition coefficient (Wildman–Crippen LogP) is 2.05. The van der Waals surface area contributed by atoms with Gasteiger partial charge in [-0.1, -0.05) is 12.1 Å². The van der Waals surface area contributed by atoms with Gasteiger partial charge >= 0.3 is 5.97 Å². The van der Waals surface area contributed by atoms with Crippen LogP contribution in [0.1, 0.15) is 28.5 Å². The zero-order valence-electron chi connectivity index (χ0n) is 11.8. The zero-order chi connectivity index (χ0) is 15.2. The first kappa shape index (κ1) is 14.6. The standard InChI is InChI=1S/C14H16N4O3/c1-3-21-14(20)12-9(2)16-18-13(12)17-15-8-10-6-4-5-7-11(10)19/h4-8,19H,3H2,1-2H3,(H2,16,17,18)/b15-8-. The van der Waals surface area contributed by atoms with Gasteiger partial charge in [-0.2, -0.15) is 10.2 Å². The number of aryl methyl sites for hydroxylation is 1. The lowest BCUT2D eigenvalue weighted by atomic mass is 10.2. The number of aromatic amines is 1. The number of nitrogens with zero attached hydrogens (tertiary/aromatic N) is 2. The van der Waals surface area contributed by atoms with E-state index in [4.69, 9.17) is 4.74 Å². The third-order valence-electron chi connectivity index (χ3n) is 2.74. The summed E-state index contributed by atoms with van der Waals surface area (Å²) in [7, 11) is 0. The summed E-state index contributed by atoms with van der Waals surface area (Å²) in [6.07, 6.45) is 1.44. The number of rotatable bonds is 5.